The predicted molar refractivity (Wildman–Crippen MR) is 88.1 cm³/mol. The molecule has 4 rings (SSSR count). The number of rotatable bonds is 3. The highest BCUT2D eigenvalue weighted by molar-refractivity contribution is 6.03. The Morgan fingerprint density at radius 2 is 2.17 bits per heavy atom. The smallest absolute Gasteiger partial charge is 0.291 e. The molecule has 0 radical (unpaired) electrons. The summed E-state index contributed by atoms with van der Waals surface area (Å²) in [4.78, 5) is 26.5. The van der Waals surface area contributed by atoms with Crippen LogP contribution in [0, 0.1) is 0 Å². The number of fused-ring (bicyclic) bond motifs is 1. The number of carbonyl (C=O) groups excluding carboxylic acids is 2. The Kier molecular flexibility index (Phi) is 3.82. The average Bonchev–Trinajstić information content (AvgIpc) is 3.33. The van der Waals surface area contributed by atoms with Crippen LogP contribution >= 0.6 is 0 Å². The normalized spacial score (nSPS) is 19.3. The maximum Gasteiger partial charge on any atom is 0.291 e. The van der Waals surface area contributed by atoms with Crippen LogP contribution in [0.3, 0.4) is 0 Å². The first-order chi connectivity index (χ1) is 11.7. The quantitative estimate of drug-likeness (QED) is 0.941. The minimum atomic E-state index is -0.336. The van der Waals surface area contributed by atoms with Gasteiger partial charge in [0.1, 0.15) is 6.10 Å². The van der Waals surface area contributed by atoms with E-state index >= 15 is 0 Å². The molecule has 1 aromatic heterocycles. The van der Waals surface area contributed by atoms with Crippen LogP contribution in [-0.4, -0.2) is 31.1 Å². The van der Waals surface area contributed by atoms with Crippen LogP contribution in [0.1, 0.15) is 29.0 Å². The fourth-order valence-corrected chi connectivity index (χ4v) is 3.23. The molecule has 6 heteroatoms. The summed E-state index contributed by atoms with van der Waals surface area (Å²) in [5.74, 6) is -0.0431. The summed E-state index contributed by atoms with van der Waals surface area (Å²) in [5, 5.41) is 2.80. The SMILES string of the molecule is O=C(Nc1ccc2c(c1)N(C(=O)[C@H]1CCCO1)CC2)c1ccco1. The van der Waals surface area contributed by atoms with Gasteiger partial charge in [-0.2, -0.15) is 0 Å². The Hall–Kier alpha value is -2.60. The van der Waals surface area contributed by atoms with Gasteiger partial charge in [0, 0.05) is 24.5 Å². The van der Waals surface area contributed by atoms with Crippen LogP contribution in [0.5, 0.6) is 0 Å². The van der Waals surface area contributed by atoms with E-state index < -0.39 is 0 Å². The molecule has 1 N–H and O–H groups in total. The second-order valence-corrected chi connectivity index (χ2v) is 6.02. The zero-order chi connectivity index (χ0) is 16.5. The van der Waals surface area contributed by atoms with E-state index in [4.69, 9.17) is 9.15 Å². The number of furan rings is 1. The zero-order valence-electron chi connectivity index (χ0n) is 13.2. The Morgan fingerprint density at radius 3 is 2.92 bits per heavy atom. The molecule has 0 spiro atoms. The van der Waals surface area contributed by atoms with Crippen molar-refractivity contribution >= 4 is 23.2 Å². The molecule has 1 fully saturated rings. The van der Waals surface area contributed by atoms with Crippen LogP contribution in [0.15, 0.2) is 41.0 Å². The Balaban J connectivity index is 1.54. The summed E-state index contributed by atoms with van der Waals surface area (Å²) in [6, 6.07) is 8.92. The molecule has 2 aliphatic heterocycles. The topological polar surface area (TPSA) is 71.8 Å². The number of hydrogen-bond donors (Lipinski definition) is 1. The summed E-state index contributed by atoms with van der Waals surface area (Å²) < 4.78 is 10.6. The lowest BCUT2D eigenvalue weighted by Gasteiger charge is -2.21. The molecule has 2 aromatic rings. The van der Waals surface area contributed by atoms with Crippen molar-refractivity contribution in [2.75, 3.05) is 23.4 Å². The number of carbonyl (C=O) groups is 2. The lowest BCUT2D eigenvalue weighted by atomic mass is 10.1. The fourth-order valence-electron chi connectivity index (χ4n) is 3.23. The van der Waals surface area contributed by atoms with E-state index in [2.05, 4.69) is 5.32 Å². The summed E-state index contributed by atoms with van der Waals surface area (Å²) in [5.41, 5.74) is 2.60. The summed E-state index contributed by atoms with van der Waals surface area (Å²) in [7, 11) is 0. The van der Waals surface area contributed by atoms with Gasteiger partial charge in [-0.3, -0.25) is 9.59 Å². The zero-order valence-corrected chi connectivity index (χ0v) is 13.2. The monoisotopic (exact) mass is 326 g/mol. The maximum absolute atomic E-state index is 12.6. The molecule has 1 aromatic carbocycles. The van der Waals surface area contributed by atoms with E-state index in [9.17, 15) is 9.59 Å². The fraction of sp³-hybridized carbons (Fsp3) is 0.333. The van der Waals surface area contributed by atoms with Crippen LogP contribution in [-0.2, 0) is 16.0 Å². The van der Waals surface area contributed by atoms with Crippen molar-refractivity contribution < 1.29 is 18.7 Å². The number of nitrogens with zero attached hydrogens (tertiary/aromatic N) is 1. The molecule has 0 aliphatic carbocycles. The lowest BCUT2D eigenvalue weighted by molar-refractivity contribution is -0.127. The molecule has 1 atom stereocenters. The van der Waals surface area contributed by atoms with E-state index in [0.717, 1.165) is 30.5 Å². The first-order valence-corrected chi connectivity index (χ1v) is 8.13. The molecule has 0 saturated carbocycles. The molecule has 0 bridgehead atoms. The number of amides is 2. The average molecular weight is 326 g/mol. The Morgan fingerprint density at radius 1 is 1.25 bits per heavy atom. The van der Waals surface area contributed by atoms with E-state index in [1.807, 2.05) is 18.2 Å². The first kappa shape index (κ1) is 15.0. The van der Waals surface area contributed by atoms with Crippen molar-refractivity contribution in [2.24, 2.45) is 0 Å². The maximum atomic E-state index is 12.6. The number of benzene rings is 1. The summed E-state index contributed by atoms with van der Waals surface area (Å²) >= 11 is 0. The van der Waals surface area contributed by atoms with Crippen LogP contribution in [0.2, 0.25) is 0 Å². The first-order valence-electron chi connectivity index (χ1n) is 8.13. The van der Waals surface area contributed by atoms with Crippen molar-refractivity contribution in [1.29, 1.82) is 0 Å². The minimum absolute atomic E-state index is 0.0146. The summed E-state index contributed by atoms with van der Waals surface area (Å²) in [6.07, 6.45) is 3.65. The highest BCUT2D eigenvalue weighted by Gasteiger charge is 2.32. The molecule has 6 nitrogen and oxygen atoms in total. The Bertz CT molecular complexity index is 763. The Labute approximate surface area is 139 Å². The van der Waals surface area contributed by atoms with Gasteiger partial charge in [0.25, 0.3) is 11.8 Å². The highest BCUT2D eigenvalue weighted by atomic mass is 16.5. The van der Waals surface area contributed by atoms with Gasteiger partial charge >= 0.3 is 0 Å². The molecule has 0 unspecified atom stereocenters. The van der Waals surface area contributed by atoms with Crippen molar-refractivity contribution in [3.8, 4) is 0 Å². The largest absolute Gasteiger partial charge is 0.459 e. The molecule has 1 saturated heterocycles. The van der Waals surface area contributed by atoms with Crippen molar-refractivity contribution in [1.82, 2.24) is 0 Å². The second-order valence-electron chi connectivity index (χ2n) is 6.02. The van der Waals surface area contributed by atoms with Crippen molar-refractivity contribution in [3.63, 3.8) is 0 Å². The van der Waals surface area contributed by atoms with Crippen molar-refractivity contribution in [3.05, 3.63) is 47.9 Å². The van der Waals surface area contributed by atoms with Gasteiger partial charge in [0.2, 0.25) is 0 Å². The van der Waals surface area contributed by atoms with Gasteiger partial charge < -0.3 is 19.4 Å². The van der Waals surface area contributed by atoms with E-state index in [-0.39, 0.29) is 23.7 Å². The molecule has 2 amide bonds. The molecule has 24 heavy (non-hydrogen) atoms. The van der Waals surface area contributed by atoms with Gasteiger partial charge in [-0.05, 0) is 49.1 Å². The summed E-state index contributed by atoms with van der Waals surface area (Å²) in [6.45, 7) is 1.31. The minimum Gasteiger partial charge on any atom is -0.459 e. The van der Waals surface area contributed by atoms with Crippen LogP contribution in [0.4, 0.5) is 11.4 Å². The molecule has 124 valence electrons. The van der Waals surface area contributed by atoms with Gasteiger partial charge in [-0.1, -0.05) is 6.07 Å². The number of hydrogen-bond acceptors (Lipinski definition) is 4. The highest BCUT2D eigenvalue weighted by Crippen LogP contribution is 2.32. The van der Waals surface area contributed by atoms with E-state index in [1.54, 1.807) is 17.0 Å². The lowest BCUT2D eigenvalue weighted by Crippen LogP contribution is -2.37. The standard InChI is InChI=1S/C18H18N2O4/c21-17(15-3-1-9-23-15)19-13-6-5-12-7-8-20(14(12)11-13)18(22)16-4-2-10-24-16/h1,3,5-6,9,11,16H,2,4,7-8,10H2,(H,19,21)/t16-/m1/s1. The number of anilines is 2. The third kappa shape index (κ3) is 2.69. The van der Waals surface area contributed by atoms with Crippen molar-refractivity contribution in [2.45, 2.75) is 25.4 Å². The van der Waals surface area contributed by atoms with Gasteiger partial charge in [-0.25, -0.2) is 0 Å². The van der Waals surface area contributed by atoms with Gasteiger partial charge in [-0.15, -0.1) is 0 Å². The van der Waals surface area contributed by atoms with Crippen LogP contribution in [0.25, 0.3) is 0 Å². The van der Waals surface area contributed by atoms with E-state index in [1.165, 1.54) is 6.26 Å². The molecule has 2 aliphatic rings. The van der Waals surface area contributed by atoms with Gasteiger partial charge in [0.05, 0.1) is 6.26 Å². The number of nitrogens with one attached hydrogen (secondary N) is 1. The number of ether oxygens (including phenoxy) is 1. The predicted octanol–water partition coefficient (Wildman–Crippen LogP) is 2.60. The third-order valence-corrected chi connectivity index (χ3v) is 4.45. The second kappa shape index (κ2) is 6.13. The molecule has 3 heterocycles. The van der Waals surface area contributed by atoms with Gasteiger partial charge in [0.15, 0.2) is 5.76 Å². The van der Waals surface area contributed by atoms with Crippen LogP contribution < -0.4 is 10.2 Å². The third-order valence-electron chi connectivity index (χ3n) is 4.45. The van der Waals surface area contributed by atoms with E-state index in [0.29, 0.717) is 18.8 Å². The molecular weight excluding hydrogens is 308 g/mol. The molecular formula is C18H18N2O4.